The van der Waals surface area contributed by atoms with Gasteiger partial charge in [0.05, 0.1) is 23.9 Å². The van der Waals surface area contributed by atoms with Crippen molar-refractivity contribution in [3.05, 3.63) is 59.7 Å². The summed E-state index contributed by atoms with van der Waals surface area (Å²) >= 11 is 0. The lowest BCUT2D eigenvalue weighted by Crippen LogP contribution is -2.28. The van der Waals surface area contributed by atoms with E-state index in [0.29, 0.717) is 17.0 Å². The zero-order valence-corrected chi connectivity index (χ0v) is 14.9. The number of benzene rings is 2. The molecule has 2 N–H and O–H groups in total. The first-order valence-corrected chi connectivity index (χ1v) is 8.57. The van der Waals surface area contributed by atoms with E-state index in [-0.39, 0.29) is 17.5 Å². The molecular formula is C20H20N2O5. The van der Waals surface area contributed by atoms with Gasteiger partial charge in [-0.05, 0) is 43.2 Å². The van der Waals surface area contributed by atoms with Gasteiger partial charge in [-0.3, -0.25) is 9.59 Å². The van der Waals surface area contributed by atoms with Crippen molar-refractivity contribution in [3.8, 4) is 5.75 Å². The van der Waals surface area contributed by atoms with Crippen LogP contribution in [0.3, 0.4) is 0 Å². The highest BCUT2D eigenvalue weighted by atomic mass is 16.5. The lowest BCUT2D eigenvalue weighted by Gasteiger charge is -2.11. The number of ether oxygens (including phenoxy) is 2. The van der Waals surface area contributed by atoms with E-state index in [4.69, 9.17) is 9.47 Å². The molecule has 7 heteroatoms. The molecule has 1 aliphatic carbocycles. The molecule has 140 valence electrons. The van der Waals surface area contributed by atoms with Crippen molar-refractivity contribution >= 4 is 23.5 Å². The molecular weight excluding hydrogens is 348 g/mol. The van der Waals surface area contributed by atoms with Gasteiger partial charge in [0.15, 0.2) is 6.61 Å². The first-order chi connectivity index (χ1) is 13.1. The summed E-state index contributed by atoms with van der Waals surface area (Å²) in [5, 5.41) is 5.49. The number of methoxy groups -OCH3 is 1. The third kappa shape index (κ3) is 5.07. The van der Waals surface area contributed by atoms with Gasteiger partial charge in [0.1, 0.15) is 5.75 Å². The van der Waals surface area contributed by atoms with Crippen LogP contribution in [0.1, 0.15) is 33.6 Å². The van der Waals surface area contributed by atoms with Crippen LogP contribution in [-0.2, 0) is 9.53 Å². The van der Waals surface area contributed by atoms with Gasteiger partial charge in [-0.15, -0.1) is 0 Å². The minimum atomic E-state index is -0.635. The first kappa shape index (κ1) is 18.4. The van der Waals surface area contributed by atoms with Gasteiger partial charge in [0, 0.05) is 6.04 Å². The fraction of sp³-hybridized carbons (Fsp3) is 0.250. The molecule has 2 aromatic carbocycles. The minimum Gasteiger partial charge on any atom is -0.497 e. The normalized spacial score (nSPS) is 12.8. The van der Waals surface area contributed by atoms with Crippen molar-refractivity contribution in [2.75, 3.05) is 19.0 Å². The number of nitrogens with one attached hydrogen (secondary N) is 2. The zero-order valence-electron chi connectivity index (χ0n) is 14.9. The van der Waals surface area contributed by atoms with Crippen LogP contribution in [0, 0.1) is 0 Å². The van der Waals surface area contributed by atoms with Crippen LogP contribution in [0.2, 0.25) is 0 Å². The average molecular weight is 368 g/mol. The fourth-order valence-corrected chi connectivity index (χ4v) is 2.43. The Balaban J connectivity index is 1.57. The second kappa shape index (κ2) is 8.35. The molecule has 2 aromatic rings. The lowest BCUT2D eigenvalue weighted by atomic mass is 10.1. The minimum absolute atomic E-state index is 0.213. The zero-order chi connectivity index (χ0) is 19.2. The number of amides is 2. The second-order valence-electron chi connectivity index (χ2n) is 6.15. The Morgan fingerprint density at radius 3 is 2.59 bits per heavy atom. The summed E-state index contributed by atoms with van der Waals surface area (Å²) in [7, 11) is 1.49. The van der Waals surface area contributed by atoms with Crippen molar-refractivity contribution in [1.29, 1.82) is 0 Å². The van der Waals surface area contributed by atoms with Crippen molar-refractivity contribution in [2.45, 2.75) is 18.9 Å². The van der Waals surface area contributed by atoms with Gasteiger partial charge >= 0.3 is 5.97 Å². The lowest BCUT2D eigenvalue weighted by molar-refractivity contribution is -0.119. The van der Waals surface area contributed by atoms with E-state index < -0.39 is 18.5 Å². The predicted octanol–water partition coefficient (Wildman–Crippen LogP) is 2.38. The Kier molecular flexibility index (Phi) is 5.71. The monoisotopic (exact) mass is 368 g/mol. The molecule has 1 saturated carbocycles. The smallest absolute Gasteiger partial charge is 0.338 e. The number of hydrogen-bond donors (Lipinski definition) is 2. The summed E-state index contributed by atoms with van der Waals surface area (Å²) in [6, 6.07) is 13.4. The second-order valence-corrected chi connectivity index (χ2v) is 6.15. The summed E-state index contributed by atoms with van der Waals surface area (Å²) in [4.78, 5) is 36.4. The van der Waals surface area contributed by atoms with E-state index >= 15 is 0 Å². The standard InChI is InChI=1S/C20H20N2O5/c1-26-15-6-4-5-13(11-15)20(25)27-12-18(23)22-17-8-3-2-7-16(17)19(24)21-14-9-10-14/h2-8,11,14H,9-10,12H2,1H3,(H,21,24)(H,22,23). The van der Waals surface area contributed by atoms with E-state index in [1.165, 1.54) is 13.2 Å². The molecule has 0 bridgehead atoms. The number of anilines is 1. The SMILES string of the molecule is COc1cccc(C(=O)OCC(=O)Nc2ccccc2C(=O)NC2CC2)c1. The Bertz CT molecular complexity index is 861. The van der Waals surface area contributed by atoms with Crippen LogP contribution in [0.5, 0.6) is 5.75 Å². The van der Waals surface area contributed by atoms with Crippen LogP contribution < -0.4 is 15.4 Å². The van der Waals surface area contributed by atoms with Crippen LogP contribution in [0.25, 0.3) is 0 Å². The third-order valence-electron chi connectivity index (χ3n) is 4.00. The highest BCUT2D eigenvalue weighted by Crippen LogP contribution is 2.21. The molecule has 0 atom stereocenters. The third-order valence-corrected chi connectivity index (χ3v) is 4.00. The highest BCUT2D eigenvalue weighted by Gasteiger charge is 2.25. The van der Waals surface area contributed by atoms with Crippen LogP contribution in [0.4, 0.5) is 5.69 Å². The number of para-hydroxylation sites is 1. The van der Waals surface area contributed by atoms with Gasteiger partial charge in [-0.25, -0.2) is 4.79 Å². The fourth-order valence-electron chi connectivity index (χ4n) is 2.43. The molecule has 3 rings (SSSR count). The van der Waals surface area contributed by atoms with Gasteiger partial charge in [0.25, 0.3) is 11.8 Å². The summed E-state index contributed by atoms with van der Waals surface area (Å²) in [5.41, 5.74) is 1.03. The molecule has 0 heterocycles. The maximum atomic E-state index is 12.2. The molecule has 0 spiro atoms. The molecule has 2 amide bonds. The Labute approximate surface area is 156 Å². The van der Waals surface area contributed by atoms with Crippen molar-refractivity contribution in [1.82, 2.24) is 5.32 Å². The molecule has 0 unspecified atom stereocenters. The predicted molar refractivity (Wildman–Crippen MR) is 98.8 cm³/mol. The number of hydrogen-bond acceptors (Lipinski definition) is 5. The van der Waals surface area contributed by atoms with Gasteiger partial charge < -0.3 is 20.1 Å². The summed E-state index contributed by atoms with van der Waals surface area (Å²) in [5.74, 6) is -0.881. The molecule has 0 saturated heterocycles. The first-order valence-electron chi connectivity index (χ1n) is 8.57. The number of carbonyl (C=O) groups excluding carboxylic acids is 3. The summed E-state index contributed by atoms with van der Waals surface area (Å²) in [6.07, 6.45) is 1.95. The molecule has 7 nitrogen and oxygen atoms in total. The number of carbonyl (C=O) groups is 3. The van der Waals surface area contributed by atoms with Crippen LogP contribution >= 0.6 is 0 Å². The van der Waals surface area contributed by atoms with Crippen LogP contribution in [-0.4, -0.2) is 37.5 Å². The van der Waals surface area contributed by atoms with Crippen molar-refractivity contribution in [2.24, 2.45) is 0 Å². The average Bonchev–Trinajstić information content (AvgIpc) is 3.50. The quantitative estimate of drug-likeness (QED) is 0.732. The molecule has 0 aromatic heterocycles. The largest absolute Gasteiger partial charge is 0.497 e. The molecule has 1 fully saturated rings. The molecule has 1 aliphatic rings. The van der Waals surface area contributed by atoms with E-state index in [2.05, 4.69) is 10.6 Å². The van der Waals surface area contributed by atoms with E-state index in [1.54, 1.807) is 42.5 Å². The Hall–Kier alpha value is -3.35. The Morgan fingerprint density at radius 2 is 1.85 bits per heavy atom. The van der Waals surface area contributed by atoms with Gasteiger partial charge in [0.2, 0.25) is 0 Å². The van der Waals surface area contributed by atoms with Gasteiger partial charge in [-0.1, -0.05) is 18.2 Å². The highest BCUT2D eigenvalue weighted by molar-refractivity contribution is 6.04. The molecule has 0 radical (unpaired) electrons. The van der Waals surface area contributed by atoms with Gasteiger partial charge in [-0.2, -0.15) is 0 Å². The summed E-state index contributed by atoms with van der Waals surface area (Å²) in [6.45, 7) is -0.464. The van der Waals surface area contributed by atoms with Crippen LogP contribution in [0.15, 0.2) is 48.5 Å². The van der Waals surface area contributed by atoms with Crippen molar-refractivity contribution in [3.63, 3.8) is 0 Å². The summed E-state index contributed by atoms with van der Waals surface area (Å²) < 4.78 is 10.1. The van der Waals surface area contributed by atoms with Crippen molar-refractivity contribution < 1.29 is 23.9 Å². The van der Waals surface area contributed by atoms with E-state index in [1.807, 2.05) is 0 Å². The molecule has 27 heavy (non-hydrogen) atoms. The number of rotatable bonds is 7. The van der Waals surface area contributed by atoms with E-state index in [0.717, 1.165) is 12.8 Å². The maximum Gasteiger partial charge on any atom is 0.338 e. The topological polar surface area (TPSA) is 93.7 Å². The van der Waals surface area contributed by atoms with E-state index in [9.17, 15) is 14.4 Å². The Morgan fingerprint density at radius 1 is 1.07 bits per heavy atom. The maximum absolute atomic E-state index is 12.2. The molecule has 0 aliphatic heterocycles. The number of esters is 1.